The number of nitrogens with two attached hydrogens (primary N) is 1. The van der Waals surface area contributed by atoms with Gasteiger partial charge in [0.1, 0.15) is 23.1 Å². The molecule has 0 aliphatic heterocycles. The van der Waals surface area contributed by atoms with Crippen molar-refractivity contribution in [2.45, 2.75) is 0 Å². The van der Waals surface area contributed by atoms with E-state index in [1.54, 1.807) is 0 Å². The van der Waals surface area contributed by atoms with Gasteiger partial charge in [0.15, 0.2) is 10.9 Å². The Balaban J connectivity index is 2.05. The van der Waals surface area contributed by atoms with Gasteiger partial charge in [-0.1, -0.05) is 17.8 Å². The van der Waals surface area contributed by atoms with Crippen molar-refractivity contribution in [1.82, 2.24) is 19.9 Å². The Bertz CT molecular complexity index is 1290. The van der Waals surface area contributed by atoms with E-state index < -0.39 is 17.2 Å². The lowest BCUT2D eigenvalue weighted by atomic mass is 10.1. The number of rotatable bonds is 2. The summed E-state index contributed by atoms with van der Waals surface area (Å²) in [6, 6.07) is 2.17. The molecule has 0 spiro atoms. The van der Waals surface area contributed by atoms with E-state index in [1.807, 2.05) is 6.11 Å². The van der Waals surface area contributed by atoms with Crippen LogP contribution in [0.3, 0.4) is 0 Å². The lowest BCUT2D eigenvalue weighted by molar-refractivity contribution is 0.475. The summed E-state index contributed by atoms with van der Waals surface area (Å²) >= 11 is 0.937. The first kappa shape index (κ1) is 15.9. The molecule has 10 heteroatoms. The molecular weight excluding hydrogens is 364 g/mol. The van der Waals surface area contributed by atoms with Crippen LogP contribution in [0.4, 0.5) is 13.9 Å². The number of pyridine rings is 1. The minimum absolute atomic E-state index is 0.0910. The van der Waals surface area contributed by atoms with E-state index in [-0.39, 0.29) is 43.5 Å². The van der Waals surface area contributed by atoms with Gasteiger partial charge in [0.05, 0.1) is 15.6 Å². The largest absolute Gasteiger partial charge is 0.375 e. The third kappa shape index (κ3) is 2.34. The predicted octanol–water partition coefficient (Wildman–Crippen LogP) is 2.42. The van der Waals surface area contributed by atoms with Crippen LogP contribution in [0.5, 0.6) is 6.01 Å². The predicted molar refractivity (Wildman–Crippen MR) is 92.6 cm³/mol. The maximum absolute atomic E-state index is 15.1. The van der Waals surface area contributed by atoms with Crippen LogP contribution in [0, 0.1) is 24.2 Å². The third-order valence-electron chi connectivity index (χ3n) is 3.59. The van der Waals surface area contributed by atoms with Crippen LogP contribution in [0.15, 0.2) is 23.1 Å². The molecule has 3 N–H and O–H groups in total. The number of anilines is 1. The van der Waals surface area contributed by atoms with E-state index in [4.69, 9.17) is 12.2 Å². The van der Waals surface area contributed by atoms with Crippen molar-refractivity contribution < 1.29 is 13.5 Å². The molecule has 0 saturated heterocycles. The maximum Gasteiger partial charge on any atom is 0.311 e. The quantitative estimate of drug-likeness (QED) is 0.524. The number of nitrogens with one attached hydrogen (secondary N) is 1. The Labute approximate surface area is 147 Å². The number of H-pyrrole nitrogens is 1. The molecule has 7 nitrogen and oxygen atoms in total. The number of aromatic nitrogens is 4. The zero-order valence-electron chi connectivity index (χ0n) is 12.7. The first-order chi connectivity index (χ1) is 12.5. The summed E-state index contributed by atoms with van der Waals surface area (Å²) in [7, 11) is 0. The van der Waals surface area contributed by atoms with Crippen molar-refractivity contribution in [1.29, 1.82) is 0 Å². The lowest BCUT2D eigenvalue weighted by Gasteiger charge is -2.07. The zero-order valence-corrected chi connectivity index (χ0v) is 13.5. The van der Waals surface area contributed by atoms with Gasteiger partial charge < -0.3 is 10.5 Å². The van der Waals surface area contributed by atoms with Gasteiger partial charge in [-0.2, -0.15) is 4.98 Å². The van der Waals surface area contributed by atoms with Crippen LogP contribution in [0.2, 0.25) is 0 Å². The molecule has 4 rings (SSSR count). The molecule has 0 radical (unpaired) electrons. The number of halogens is 2. The number of hydrogen-bond donors (Lipinski definition) is 2. The number of hydrogen-bond acceptors (Lipinski definition) is 7. The Hall–Kier alpha value is -3.58. The summed E-state index contributed by atoms with van der Waals surface area (Å²) in [6.07, 6.45) is 7.99. The van der Waals surface area contributed by atoms with Gasteiger partial charge in [-0.3, -0.25) is 14.8 Å². The number of nitrogens with zero attached hydrogens (tertiary/aromatic N) is 3. The van der Waals surface area contributed by atoms with Gasteiger partial charge in [0.2, 0.25) is 0 Å². The second-order valence-corrected chi connectivity index (χ2v) is 6.13. The van der Waals surface area contributed by atoms with Crippen LogP contribution < -0.4 is 16.0 Å². The second-order valence-electron chi connectivity index (χ2n) is 5.10. The zero-order chi connectivity index (χ0) is 18.4. The minimum Gasteiger partial charge on any atom is -0.375 e. The molecule has 3 aromatic heterocycles. The molecule has 26 heavy (non-hydrogen) atoms. The van der Waals surface area contributed by atoms with E-state index in [9.17, 15) is 9.18 Å². The molecule has 0 amide bonds. The smallest absolute Gasteiger partial charge is 0.311 e. The number of thiazole rings is 1. The van der Waals surface area contributed by atoms with E-state index in [2.05, 4.69) is 24.7 Å². The SMILES string of the molecule is C#COc1nc2c(F)c(-c3ccc(F)c4sc(N)nc34)ncc2c(=O)[nH]1. The average molecular weight is 371 g/mol. The summed E-state index contributed by atoms with van der Waals surface area (Å²) in [5.74, 6) is -1.42. The van der Waals surface area contributed by atoms with Crippen molar-refractivity contribution in [3.63, 3.8) is 0 Å². The van der Waals surface area contributed by atoms with Gasteiger partial charge in [0, 0.05) is 11.8 Å². The number of nitrogen functional groups attached to an aromatic ring is 1. The van der Waals surface area contributed by atoms with Gasteiger partial charge in [0.25, 0.3) is 5.56 Å². The summed E-state index contributed by atoms with van der Waals surface area (Å²) < 4.78 is 33.9. The molecule has 0 aliphatic carbocycles. The van der Waals surface area contributed by atoms with Crippen LogP contribution in [-0.2, 0) is 0 Å². The Morgan fingerprint density at radius 3 is 2.85 bits per heavy atom. The van der Waals surface area contributed by atoms with E-state index in [0.29, 0.717) is 0 Å². The van der Waals surface area contributed by atoms with Gasteiger partial charge >= 0.3 is 6.01 Å². The number of ether oxygens (including phenoxy) is 1. The molecule has 0 fully saturated rings. The highest BCUT2D eigenvalue weighted by atomic mass is 32.1. The number of benzene rings is 1. The number of terminal acetylenes is 1. The van der Waals surface area contributed by atoms with Crippen LogP contribution in [0.25, 0.3) is 32.4 Å². The van der Waals surface area contributed by atoms with Crippen molar-refractivity contribution in [2.24, 2.45) is 0 Å². The molecule has 0 aliphatic rings. The van der Waals surface area contributed by atoms with E-state index in [0.717, 1.165) is 17.5 Å². The van der Waals surface area contributed by atoms with Crippen LogP contribution in [0.1, 0.15) is 0 Å². The van der Waals surface area contributed by atoms with Crippen molar-refractivity contribution >= 4 is 37.6 Å². The first-order valence-corrected chi connectivity index (χ1v) is 7.87. The fourth-order valence-corrected chi connectivity index (χ4v) is 3.29. The second kappa shape index (κ2) is 5.75. The molecule has 0 atom stereocenters. The molecule has 0 bridgehead atoms. The van der Waals surface area contributed by atoms with Crippen molar-refractivity contribution in [3.05, 3.63) is 40.3 Å². The van der Waals surface area contributed by atoms with Crippen molar-refractivity contribution in [2.75, 3.05) is 5.73 Å². The summed E-state index contributed by atoms with van der Waals surface area (Å²) in [5, 5.41) is 0.0404. The van der Waals surface area contributed by atoms with E-state index in [1.165, 1.54) is 12.1 Å². The molecule has 128 valence electrons. The summed E-state index contributed by atoms with van der Waals surface area (Å²) in [4.78, 5) is 26.2. The van der Waals surface area contributed by atoms with Crippen LogP contribution >= 0.6 is 11.3 Å². The number of fused-ring (bicyclic) bond motifs is 2. The Morgan fingerprint density at radius 2 is 2.08 bits per heavy atom. The normalized spacial score (nSPS) is 11.0. The van der Waals surface area contributed by atoms with Crippen LogP contribution in [-0.4, -0.2) is 19.9 Å². The van der Waals surface area contributed by atoms with Crippen molar-refractivity contribution in [3.8, 4) is 29.8 Å². The fourth-order valence-electron chi connectivity index (χ4n) is 2.52. The minimum atomic E-state index is -0.894. The maximum atomic E-state index is 15.1. The highest BCUT2D eigenvalue weighted by Gasteiger charge is 2.20. The third-order valence-corrected chi connectivity index (χ3v) is 4.49. The molecular formula is C16H7F2N5O2S. The lowest BCUT2D eigenvalue weighted by Crippen LogP contribution is -2.11. The van der Waals surface area contributed by atoms with Gasteiger partial charge in [-0.05, 0) is 12.1 Å². The van der Waals surface area contributed by atoms with Gasteiger partial charge in [-0.15, -0.1) is 0 Å². The highest BCUT2D eigenvalue weighted by Crippen LogP contribution is 2.35. The molecule has 1 aromatic carbocycles. The molecule has 0 saturated carbocycles. The monoisotopic (exact) mass is 371 g/mol. The Kier molecular flexibility index (Phi) is 3.52. The molecule has 4 aromatic rings. The average Bonchev–Trinajstić information content (AvgIpc) is 3.00. The molecule has 0 unspecified atom stereocenters. The topological polar surface area (TPSA) is 107 Å². The van der Waals surface area contributed by atoms with E-state index >= 15 is 4.39 Å². The number of aromatic amines is 1. The molecule has 3 heterocycles. The highest BCUT2D eigenvalue weighted by molar-refractivity contribution is 7.22. The standard InChI is InChI=1S/C16H7F2N5O2S/c1-2-25-16-22-11-7(14(24)23-16)5-20-10(9(11)18)6-3-4-8(17)13-12(6)21-15(19)26-13/h1,3-5H,(H2,19,21)(H,22,23,24). The fraction of sp³-hybridized carbons (Fsp3) is 0. The Morgan fingerprint density at radius 1 is 1.27 bits per heavy atom. The summed E-state index contributed by atoms with van der Waals surface area (Å²) in [5.41, 5.74) is 4.92. The summed E-state index contributed by atoms with van der Waals surface area (Å²) in [6.45, 7) is 0. The first-order valence-electron chi connectivity index (χ1n) is 7.05. The van der Waals surface area contributed by atoms with Gasteiger partial charge in [-0.25, -0.2) is 13.8 Å².